The van der Waals surface area contributed by atoms with Gasteiger partial charge >= 0.3 is 5.97 Å². The van der Waals surface area contributed by atoms with Crippen LogP contribution in [0, 0.1) is 0 Å². The van der Waals surface area contributed by atoms with E-state index in [1.807, 2.05) is 0 Å². The normalized spacial score (nSPS) is 16.6. The van der Waals surface area contributed by atoms with Crippen LogP contribution in [0.2, 0.25) is 0 Å². The van der Waals surface area contributed by atoms with Crippen molar-refractivity contribution < 1.29 is 29.6 Å². The van der Waals surface area contributed by atoms with Gasteiger partial charge in [0.15, 0.2) is 16.7 Å². The highest BCUT2D eigenvalue weighted by Gasteiger charge is 2.31. The number of hydrogen-bond acceptors (Lipinski definition) is 7. The fraction of sp³-hybridized carbons (Fsp3) is 0.150. The molecule has 9 heteroatoms. The lowest BCUT2D eigenvalue weighted by Gasteiger charge is -2.08. The topological polar surface area (TPSA) is 120 Å². The van der Waals surface area contributed by atoms with Gasteiger partial charge < -0.3 is 20.1 Å². The molecule has 0 unspecified atom stereocenters. The molecule has 3 rings (SSSR count). The van der Waals surface area contributed by atoms with Crippen LogP contribution in [0.5, 0.6) is 17.2 Å². The van der Waals surface area contributed by atoms with E-state index >= 15 is 0 Å². The summed E-state index contributed by atoms with van der Waals surface area (Å²) in [5.74, 6) is -1.40. The minimum atomic E-state index is -1.24. The minimum absolute atomic E-state index is 0.00676. The van der Waals surface area contributed by atoms with Crippen LogP contribution >= 0.6 is 11.8 Å². The van der Waals surface area contributed by atoms with E-state index in [0.717, 1.165) is 17.8 Å². The molecule has 1 aliphatic heterocycles. The molecule has 0 aliphatic carbocycles. The number of nitrogens with zero attached hydrogens (tertiary/aromatic N) is 2. The van der Waals surface area contributed by atoms with Gasteiger partial charge in [-0.15, -0.1) is 0 Å². The molecule has 2 aromatic carbocycles. The number of thioether (sulfide) groups is 1. The highest BCUT2D eigenvalue weighted by Crippen LogP contribution is 2.35. The van der Waals surface area contributed by atoms with Crippen LogP contribution in [-0.4, -0.2) is 50.9 Å². The molecule has 0 saturated carbocycles. The van der Waals surface area contributed by atoms with Crippen molar-refractivity contribution in [1.82, 2.24) is 4.90 Å². The Morgan fingerprint density at radius 3 is 2.69 bits per heavy atom. The maximum Gasteiger partial charge on any atom is 0.338 e. The van der Waals surface area contributed by atoms with Crippen molar-refractivity contribution in [1.29, 1.82) is 0 Å². The van der Waals surface area contributed by atoms with E-state index in [1.165, 1.54) is 30.1 Å². The first kappa shape index (κ1) is 20.3. The van der Waals surface area contributed by atoms with Gasteiger partial charge in [-0.2, -0.15) is 0 Å². The molecule has 1 aliphatic rings. The average Bonchev–Trinajstić information content (AvgIpc) is 2.93. The average molecular weight is 414 g/mol. The number of carboxylic acids is 1. The molecular formula is C20H18N2O6S. The Morgan fingerprint density at radius 1 is 1.24 bits per heavy atom. The molecule has 1 heterocycles. The van der Waals surface area contributed by atoms with Gasteiger partial charge in [0.05, 0.1) is 22.8 Å². The number of likely N-dealkylation sites (N-methyl/N-ethyl adjacent to an activating group) is 1. The van der Waals surface area contributed by atoms with Gasteiger partial charge in [-0.1, -0.05) is 6.07 Å². The third kappa shape index (κ3) is 4.35. The summed E-state index contributed by atoms with van der Waals surface area (Å²) in [6.45, 7) is 2.19. The summed E-state index contributed by atoms with van der Waals surface area (Å²) >= 11 is 1.09. The molecule has 150 valence electrons. The lowest BCUT2D eigenvalue weighted by Crippen LogP contribution is -2.23. The van der Waals surface area contributed by atoms with Gasteiger partial charge in [-0.05, 0) is 60.7 Å². The van der Waals surface area contributed by atoms with E-state index < -0.39 is 5.97 Å². The fourth-order valence-electron chi connectivity index (χ4n) is 2.59. The Kier molecular flexibility index (Phi) is 5.79. The van der Waals surface area contributed by atoms with Gasteiger partial charge in [0.25, 0.3) is 5.91 Å². The van der Waals surface area contributed by atoms with Crippen LogP contribution in [0.15, 0.2) is 46.3 Å². The lowest BCUT2D eigenvalue weighted by molar-refractivity contribution is -0.121. The number of aromatic carboxylic acids is 1. The summed E-state index contributed by atoms with van der Waals surface area (Å²) < 4.78 is 5.35. The number of hydrogen-bond donors (Lipinski definition) is 3. The molecule has 2 aromatic rings. The second-order valence-electron chi connectivity index (χ2n) is 6.04. The highest BCUT2D eigenvalue weighted by atomic mass is 32.2. The fourth-order valence-corrected chi connectivity index (χ4v) is 3.57. The third-order valence-corrected chi connectivity index (χ3v) is 5.07. The predicted octanol–water partition coefficient (Wildman–Crippen LogP) is 3.43. The predicted molar refractivity (Wildman–Crippen MR) is 110 cm³/mol. The number of phenols is 2. The Bertz CT molecular complexity index is 1050. The number of amides is 1. The number of carbonyl (C=O) groups excluding carboxylic acids is 1. The standard InChI is InChI=1S/C20H18N2O6S/c1-3-28-16-8-11(4-7-15(16)24)9-17-18(25)22(2)20(29-17)21-14-6-5-12(23)10-13(14)19(26)27/h4-10,23-24H,3H2,1-2H3,(H,26,27)/b17-9-,21-20?. The number of carboxylic acid groups (broad SMARTS) is 1. The van der Waals surface area contributed by atoms with E-state index in [4.69, 9.17) is 4.74 Å². The molecule has 1 saturated heterocycles. The zero-order valence-corrected chi connectivity index (χ0v) is 16.4. The van der Waals surface area contributed by atoms with E-state index in [0.29, 0.717) is 28.0 Å². The number of aliphatic imine (C=N–C) groups is 1. The number of carbonyl (C=O) groups is 2. The zero-order chi connectivity index (χ0) is 21.1. The Morgan fingerprint density at radius 2 is 2.00 bits per heavy atom. The summed E-state index contributed by atoms with van der Waals surface area (Å²) in [4.78, 5) is 30.0. The van der Waals surface area contributed by atoms with Crippen molar-refractivity contribution in [3.05, 3.63) is 52.4 Å². The molecule has 0 atom stereocenters. The summed E-state index contributed by atoms with van der Waals surface area (Å²) in [6, 6.07) is 8.56. The molecule has 1 amide bonds. The van der Waals surface area contributed by atoms with E-state index in [9.17, 15) is 24.9 Å². The van der Waals surface area contributed by atoms with Crippen molar-refractivity contribution in [2.75, 3.05) is 13.7 Å². The van der Waals surface area contributed by atoms with Crippen molar-refractivity contribution in [3.8, 4) is 17.2 Å². The van der Waals surface area contributed by atoms with Crippen LogP contribution in [0.1, 0.15) is 22.8 Å². The number of ether oxygens (including phenoxy) is 1. The third-order valence-electron chi connectivity index (χ3n) is 4.01. The molecule has 0 bridgehead atoms. The zero-order valence-electron chi connectivity index (χ0n) is 15.6. The number of phenolic OH excluding ortho intramolecular Hbond substituents is 2. The number of rotatable bonds is 5. The van der Waals surface area contributed by atoms with Crippen molar-refractivity contribution in [3.63, 3.8) is 0 Å². The van der Waals surface area contributed by atoms with Crippen LogP contribution < -0.4 is 4.74 Å². The lowest BCUT2D eigenvalue weighted by atomic mass is 10.2. The Hall–Kier alpha value is -3.46. The first-order chi connectivity index (χ1) is 13.8. The summed E-state index contributed by atoms with van der Waals surface area (Å²) in [5, 5.41) is 28.9. The second-order valence-corrected chi connectivity index (χ2v) is 7.05. The second kappa shape index (κ2) is 8.27. The Balaban J connectivity index is 1.94. The SMILES string of the molecule is CCOc1cc(/C=C2\SC(=Nc3ccc(O)cc3C(=O)O)N(C)C2=O)ccc1O. The van der Waals surface area contributed by atoms with Crippen LogP contribution in [-0.2, 0) is 4.79 Å². The highest BCUT2D eigenvalue weighted by molar-refractivity contribution is 8.18. The van der Waals surface area contributed by atoms with Crippen molar-refractivity contribution in [2.24, 2.45) is 4.99 Å². The van der Waals surface area contributed by atoms with Gasteiger partial charge in [-0.25, -0.2) is 9.79 Å². The summed E-state index contributed by atoms with van der Waals surface area (Å²) in [6.07, 6.45) is 1.64. The molecule has 3 N–H and O–H groups in total. The van der Waals surface area contributed by atoms with Crippen LogP contribution in [0.25, 0.3) is 6.08 Å². The summed E-state index contributed by atoms with van der Waals surface area (Å²) in [7, 11) is 1.54. The molecular weight excluding hydrogens is 396 g/mol. The van der Waals surface area contributed by atoms with Crippen LogP contribution in [0.3, 0.4) is 0 Å². The molecule has 8 nitrogen and oxygen atoms in total. The van der Waals surface area contributed by atoms with E-state index in [2.05, 4.69) is 4.99 Å². The maximum absolute atomic E-state index is 12.6. The first-order valence-electron chi connectivity index (χ1n) is 8.58. The molecule has 0 aromatic heterocycles. The number of amidine groups is 1. The first-order valence-corrected chi connectivity index (χ1v) is 9.40. The van der Waals surface area contributed by atoms with E-state index in [-0.39, 0.29) is 28.7 Å². The number of benzene rings is 2. The quantitative estimate of drug-likeness (QED) is 0.641. The molecule has 0 radical (unpaired) electrons. The molecule has 0 spiro atoms. The largest absolute Gasteiger partial charge is 0.508 e. The summed E-state index contributed by atoms with van der Waals surface area (Å²) in [5.41, 5.74) is 0.617. The van der Waals surface area contributed by atoms with E-state index in [1.54, 1.807) is 25.1 Å². The van der Waals surface area contributed by atoms with Crippen molar-refractivity contribution >= 4 is 40.6 Å². The van der Waals surface area contributed by atoms with Gasteiger partial charge in [0.2, 0.25) is 0 Å². The molecule has 29 heavy (non-hydrogen) atoms. The van der Waals surface area contributed by atoms with Crippen LogP contribution in [0.4, 0.5) is 5.69 Å². The van der Waals surface area contributed by atoms with Crippen molar-refractivity contribution in [2.45, 2.75) is 6.92 Å². The number of aromatic hydroxyl groups is 2. The molecule has 1 fully saturated rings. The smallest absolute Gasteiger partial charge is 0.338 e. The minimum Gasteiger partial charge on any atom is -0.508 e. The maximum atomic E-state index is 12.6. The van der Waals surface area contributed by atoms with Gasteiger partial charge in [-0.3, -0.25) is 9.69 Å². The van der Waals surface area contributed by atoms with Gasteiger partial charge in [0.1, 0.15) is 5.75 Å². The monoisotopic (exact) mass is 414 g/mol. The van der Waals surface area contributed by atoms with Gasteiger partial charge in [0, 0.05) is 7.05 Å². The Labute approximate surface area is 170 Å².